The molecule has 4 rings (SSSR count). The Kier molecular flexibility index (Phi) is 18.6. The molecule has 0 bridgehead atoms. The van der Waals surface area contributed by atoms with Crippen molar-refractivity contribution in [2.75, 3.05) is 12.3 Å². The Balaban J connectivity index is 0.00000323. The van der Waals surface area contributed by atoms with Gasteiger partial charge in [-0.05, 0) is 0 Å². The van der Waals surface area contributed by atoms with Crippen molar-refractivity contribution in [2.24, 2.45) is 0 Å². The standard InChI is InChI=1S/C21H32P.C17H24P.2ClH.Ti/c1-3-5-7-11-15-22(16-12-8-6-4-2)21-17-19-13-9-10-14-20(19)18-21;1-5-13(3)18(14(4)6-2)17-11-15-9-7-8-10-16(15)12-17;;;/h9-10,13-14,17-18H,3-8,11-12,15-16H2,1-2H3;7-14H,5-6H2,1-4H3;2*1H;/q;;;;+2/p-2. The molecule has 4 atom stereocenters. The van der Waals surface area contributed by atoms with Gasteiger partial charge < -0.3 is 24.8 Å². The summed E-state index contributed by atoms with van der Waals surface area (Å²) >= 11 is -0.308. The first-order chi connectivity index (χ1) is 20.0. The summed E-state index contributed by atoms with van der Waals surface area (Å²) in [5.74, 6) is 0. The van der Waals surface area contributed by atoms with Crippen molar-refractivity contribution < 1.29 is 44.0 Å². The Morgan fingerprint density at radius 1 is 0.605 bits per heavy atom. The minimum absolute atomic E-state index is 0. The van der Waals surface area contributed by atoms with Crippen molar-refractivity contribution in [1.82, 2.24) is 0 Å². The maximum Gasteiger partial charge on any atom is -1.00 e. The largest absolute Gasteiger partial charge is 1.00 e. The van der Waals surface area contributed by atoms with Gasteiger partial charge in [0.25, 0.3) is 0 Å². The number of hydrogen-bond acceptors (Lipinski definition) is 0. The molecule has 0 radical (unpaired) electrons. The molecule has 2 aliphatic rings. The maximum absolute atomic E-state index is 2.71. The van der Waals surface area contributed by atoms with Gasteiger partial charge in [-0.25, -0.2) is 0 Å². The molecule has 0 nitrogen and oxygen atoms in total. The van der Waals surface area contributed by atoms with Gasteiger partial charge in [0.05, 0.1) is 0 Å². The molecule has 5 heteroatoms. The third-order valence-corrected chi connectivity index (χ3v) is 19.7. The van der Waals surface area contributed by atoms with Crippen molar-refractivity contribution in [2.45, 2.75) is 126 Å². The zero-order valence-corrected chi connectivity index (χ0v) is 32.6. The first kappa shape index (κ1) is 39.3. The summed E-state index contributed by atoms with van der Waals surface area (Å²) in [7, 11) is -0.187. The summed E-state index contributed by atoms with van der Waals surface area (Å²) in [6.45, 7) is 14.7. The molecule has 0 heterocycles. The molecule has 0 saturated carbocycles. The average Bonchev–Trinajstić information content (AvgIpc) is 3.54. The molecule has 2 aliphatic carbocycles. The maximum atomic E-state index is 2.71. The summed E-state index contributed by atoms with van der Waals surface area (Å²) < 4.78 is 1.40. The van der Waals surface area contributed by atoms with E-state index in [9.17, 15) is 0 Å². The molecule has 236 valence electrons. The topological polar surface area (TPSA) is 0 Å². The summed E-state index contributed by atoms with van der Waals surface area (Å²) in [6, 6.07) is 19.0. The molecule has 0 fully saturated rings. The van der Waals surface area contributed by atoms with E-state index in [2.05, 4.69) is 102 Å². The van der Waals surface area contributed by atoms with Crippen LogP contribution in [0, 0.1) is 0 Å². The van der Waals surface area contributed by atoms with E-state index in [-0.39, 0.29) is 59.8 Å². The van der Waals surface area contributed by atoms with E-state index in [0.717, 1.165) is 11.3 Å². The van der Waals surface area contributed by atoms with Crippen LogP contribution in [0.5, 0.6) is 0 Å². The average molecular weight is 694 g/mol. The summed E-state index contributed by atoms with van der Waals surface area (Å²) in [6.07, 6.45) is 22.1. The second-order valence-corrected chi connectivity index (χ2v) is 20.4. The third kappa shape index (κ3) is 10.0. The molecule has 0 aromatic heterocycles. The molecule has 0 aliphatic heterocycles. The Morgan fingerprint density at radius 2 is 1.05 bits per heavy atom. The third-order valence-electron chi connectivity index (χ3n) is 9.50. The van der Waals surface area contributed by atoms with Gasteiger partial charge in [-0.2, -0.15) is 0 Å². The predicted molar refractivity (Wildman–Crippen MR) is 186 cm³/mol. The van der Waals surface area contributed by atoms with Gasteiger partial charge in [-0.15, -0.1) is 0 Å². The first-order valence-corrected chi connectivity index (χ1v) is 21.9. The van der Waals surface area contributed by atoms with E-state index in [1.807, 2.05) is 10.6 Å². The smallest absolute Gasteiger partial charge is 1.00 e. The van der Waals surface area contributed by atoms with E-state index >= 15 is 0 Å². The SMILES string of the molecule is CCCCCCP(CCCCCC)C1=Cc2ccccc2[CH]1[Ti+2][CH]1C(P(C(C)CC)C(C)CC)=Cc2ccccc21.[Cl-].[Cl-]. The van der Waals surface area contributed by atoms with Crippen LogP contribution in [0.3, 0.4) is 0 Å². The molecular weight excluding hydrogens is 637 g/mol. The van der Waals surface area contributed by atoms with Crippen molar-refractivity contribution in [3.05, 3.63) is 81.4 Å². The molecule has 0 N–H and O–H groups in total. The molecule has 0 saturated heterocycles. The molecule has 4 unspecified atom stereocenters. The van der Waals surface area contributed by atoms with E-state index in [0.29, 0.717) is 8.45 Å². The Morgan fingerprint density at radius 3 is 1.51 bits per heavy atom. The summed E-state index contributed by atoms with van der Waals surface area (Å²) in [5, 5.41) is 3.76. The van der Waals surface area contributed by atoms with Gasteiger partial charge in [-0.1, -0.05) is 0 Å². The van der Waals surface area contributed by atoms with Gasteiger partial charge in [0.15, 0.2) is 0 Å². The number of unbranched alkanes of at least 4 members (excludes halogenated alkanes) is 6. The fourth-order valence-corrected chi connectivity index (χ4v) is 17.8. The van der Waals surface area contributed by atoms with Gasteiger partial charge in [0.2, 0.25) is 0 Å². The monoisotopic (exact) mass is 692 g/mol. The number of halogens is 2. The van der Waals surface area contributed by atoms with Gasteiger partial charge in [0.1, 0.15) is 0 Å². The van der Waals surface area contributed by atoms with Crippen LogP contribution in [0.4, 0.5) is 0 Å². The van der Waals surface area contributed by atoms with Crippen molar-refractivity contribution in [3.8, 4) is 0 Å². The van der Waals surface area contributed by atoms with Gasteiger partial charge >= 0.3 is 266 Å². The molecule has 2 aromatic rings. The zero-order valence-electron chi connectivity index (χ0n) is 27.7. The van der Waals surface area contributed by atoms with Crippen LogP contribution in [-0.4, -0.2) is 23.6 Å². The van der Waals surface area contributed by atoms with Crippen molar-refractivity contribution >= 4 is 28.0 Å². The second-order valence-electron chi connectivity index (χ2n) is 12.5. The Bertz CT molecular complexity index is 1140. The first-order valence-electron chi connectivity index (χ1n) is 16.9. The van der Waals surface area contributed by atoms with Crippen molar-refractivity contribution in [3.63, 3.8) is 0 Å². The number of benzene rings is 2. The Hall–Kier alpha value is 0.0743. The fourth-order valence-electron chi connectivity index (χ4n) is 6.79. The minimum Gasteiger partial charge on any atom is -1.00 e. The second kappa shape index (κ2) is 20.3. The predicted octanol–water partition coefficient (Wildman–Crippen LogP) is 6.99. The summed E-state index contributed by atoms with van der Waals surface area (Å²) in [4.78, 5) is 0. The van der Waals surface area contributed by atoms with Crippen LogP contribution >= 0.6 is 15.8 Å². The van der Waals surface area contributed by atoms with E-state index in [1.165, 1.54) is 82.1 Å². The molecule has 0 amide bonds. The van der Waals surface area contributed by atoms with Crippen LogP contribution in [0.1, 0.15) is 136 Å². The van der Waals surface area contributed by atoms with E-state index < -0.39 is 0 Å². The Labute approximate surface area is 289 Å². The van der Waals surface area contributed by atoms with E-state index in [4.69, 9.17) is 0 Å². The minimum atomic E-state index is -0.308. The quantitative estimate of drug-likeness (QED) is 0.0898. The number of fused-ring (bicyclic) bond motifs is 2. The molecule has 0 spiro atoms. The van der Waals surface area contributed by atoms with Crippen LogP contribution in [0.25, 0.3) is 12.2 Å². The van der Waals surface area contributed by atoms with Gasteiger partial charge in [0, 0.05) is 0 Å². The molecule has 2 aromatic carbocycles. The number of hydrogen-bond donors (Lipinski definition) is 0. The van der Waals surface area contributed by atoms with E-state index in [1.54, 1.807) is 16.7 Å². The molecular formula is C38H56Cl2P2Ti. The van der Waals surface area contributed by atoms with Crippen LogP contribution in [-0.2, 0) is 19.2 Å². The van der Waals surface area contributed by atoms with Crippen LogP contribution in [0.15, 0.2) is 59.2 Å². The van der Waals surface area contributed by atoms with Gasteiger partial charge in [-0.3, -0.25) is 0 Å². The molecule has 43 heavy (non-hydrogen) atoms. The number of rotatable bonds is 18. The van der Waals surface area contributed by atoms with Crippen LogP contribution < -0.4 is 24.8 Å². The van der Waals surface area contributed by atoms with Crippen molar-refractivity contribution in [1.29, 1.82) is 0 Å². The fraction of sp³-hybridized carbons (Fsp3) is 0.579. The van der Waals surface area contributed by atoms with Crippen LogP contribution in [0.2, 0.25) is 0 Å². The normalized spacial score (nSPS) is 18.9. The summed E-state index contributed by atoms with van der Waals surface area (Å²) in [5.41, 5.74) is 8.03. The number of allylic oxidation sites excluding steroid dienone is 2. The zero-order chi connectivity index (χ0) is 29.2.